The lowest BCUT2D eigenvalue weighted by Gasteiger charge is -2.34. The van der Waals surface area contributed by atoms with E-state index in [1.165, 1.54) is 33.3 Å². The summed E-state index contributed by atoms with van der Waals surface area (Å²) in [4.78, 5) is 24.9. The molecule has 0 spiro atoms. The standard InChI is InChI=1S/C17H20O6S/c1-12-14(24(20,21)13-8-5-4-6-9-13)10-7-11-17(12,15(18)22-2)16(19)23-3/h4-6,8-9H,7,10-11H2,1-3H3. The third-order valence-electron chi connectivity index (χ3n) is 4.46. The quantitative estimate of drug-likeness (QED) is 0.610. The number of methoxy groups -OCH3 is 2. The van der Waals surface area contributed by atoms with Gasteiger partial charge in [0.05, 0.1) is 19.1 Å². The molecule has 0 amide bonds. The molecule has 0 radical (unpaired) electrons. The minimum atomic E-state index is -3.80. The van der Waals surface area contributed by atoms with Crippen molar-refractivity contribution in [2.75, 3.05) is 14.2 Å². The topological polar surface area (TPSA) is 86.7 Å². The molecule has 1 aromatic rings. The zero-order valence-electron chi connectivity index (χ0n) is 13.9. The number of ether oxygens (including phenoxy) is 2. The summed E-state index contributed by atoms with van der Waals surface area (Å²) in [5.74, 6) is -1.60. The van der Waals surface area contributed by atoms with E-state index in [9.17, 15) is 18.0 Å². The van der Waals surface area contributed by atoms with Crippen molar-refractivity contribution in [1.29, 1.82) is 0 Å². The summed E-state index contributed by atoms with van der Waals surface area (Å²) in [6.45, 7) is 1.49. The van der Waals surface area contributed by atoms with Gasteiger partial charge in [-0.2, -0.15) is 0 Å². The molecule has 0 aromatic heterocycles. The molecule has 2 rings (SSSR count). The summed E-state index contributed by atoms with van der Waals surface area (Å²) >= 11 is 0. The Morgan fingerprint density at radius 3 is 2.08 bits per heavy atom. The van der Waals surface area contributed by atoms with Gasteiger partial charge in [0.25, 0.3) is 0 Å². The van der Waals surface area contributed by atoms with E-state index in [0.29, 0.717) is 6.42 Å². The first-order valence-corrected chi connectivity index (χ1v) is 8.98. The Balaban J connectivity index is 2.69. The molecule has 130 valence electrons. The second-order valence-corrected chi connectivity index (χ2v) is 7.58. The fourth-order valence-corrected chi connectivity index (χ4v) is 4.94. The van der Waals surface area contributed by atoms with E-state index in [-0.39, 0.29) is 28.2 Å². The fraction of sp³-hybridized carbons (Fsp3) is 0.412. The molecule has 0 heterocycles. The molecule has 0 atom stereocenters. The molecule has 1 aromatic carbocycles. The van der Waals surface area contributed by atoms with E-state index in [1.54, 1.807) is 18.2 Å². The normalized spacial score (nSPS) is 17.3. The zero-order valence-corrected chi connectivity index (χ0v) is 14.7. The number of hydrogen-bond acceptors (Lipinski definition) is 6. The van der Waals surface area contributed by atoms with Gasteiger partial charge >= 0.3 is 11.9 Å². The minimum absolute atomic E-state index is 0.0794. The van der Waals surface area contributed by atoms with Crippen LogP contribution in [-0.4, -0.2) is 34.6 Å². The van der Waals surface area contributed by atoms with E-state index < -0.39 is 27.2 Å². The third-order valence-corrected chi connectivity index (χ3v) is 6.51. The molecular weight excluding hydrogens is 332 g/mol. The summed E-state index contributed by atoms with van der Waals surface area (Å²) in [5, 5.41) is 0. The summed E-state index contributed by atoms with van der Waals surface area (Å²) < 4.78 is 35.5. The Morgan fingerprint density at radius 2 is 1.58 bits per heavy atom. The average molecular weight is 352 g/mol. The van der Waals surface area contributed by atoms with Gasteiger partial charge in [-0.1, -0.05) is 18.2 Å². The molecule has 0 bridgehead atoms. The Bertz CT molecular complexity index is 761. The van der Waals surface area contributed by atoms with Crippen LogP contribution in [0.5, 0.6) is 0 Å². The Kier molecular flexibility index (Phi) is 5.13. The van der Waals surface area contributed by atoms with Crippen molar-refractivity contribution < 1.29 is 27.5 Å². The number of esters is 2. The van der Waals surface area contributed by atoms with Crippen LogP contribution in [0.1, 0.15) is 26.2 Å². The van der Waals surface area contributed by atoms with Crippen molar-refractivity contribution in [3.8, 4) is 0 Å². The first-order chi connectivity index (χ1) is 11.3. The Morgan fingerprint density at radius 1 is 1.04 bits per heavy atom. The molecule has 1 aliphatic carbocycles. The lowest BCUT2D eigenvalue weighted by atomic mass is 9.73. The zero-order chi connectivity index (χ0) is 18.0. The van der Waals surface area contributed by atoms with Crippen LogP contribution in [0.15, 0.2) is 45.7 Å². The summed E-state index contributed by atoms with van der Waals surface area (Å²) in [6, 6.07) is 7.94. The van der Waals surface area contributed by atoms with Crippen LogP contribution in [0.3, 0.4) is 0 Å². The highest BCUT2D eigenvalue weighted by atomic mass is 32.2. The summed E-state index contributed by atoms with van der Waals surface area (Å²) in [5.41, 5.74) is -1.53. The van der Waals surface area contributed by atoms with E-state index in [1.807, 2.05) is 0 Å². The number of hydrogen-bond donors (Lipinski definition) is 0. The highest BCUT2D eigenvalue weighted by Gasteiger charge is 2.53. The van der Waals surface area contributed by atoms with Crippen LogP contribution >= 0.6 is 0 Å². The Labute approximate surface area is 141 Å². The second-order valence-electron chi connectivity index (χ2n) is 5.61. The molecular formula is C17H20O6S. The third kappa shape index (κ3) is 2.73. The van der Waals surface area contributed by atoms with E-state index >= 15 is 0 Å². The molecule has 0 N–H and O–H groups in total. The molecule has 0 saturated carbocycles. The lowest BCUT2D eigenvalue weighted by Crippen LogP contribution is -2.44. The van der Waals surface area contributed by atoms with E-state index in [0.717, 1.165) is 0 Å². The summed E-state index contributed by atoms with van der Waals surface area (Å²) in [7, 11) is -1.47. The molecule has 0 aliphatic heterocycles. The van der Waals surface area contributed by atoms with Gasteiger partial charge in [-0.05, 0) is 43.9 Å². The van der Waals surface area contributed by atoms with Gasteiger partial charge in [0.1, 0.15) is 0 Å². The van der Waals surface area contributed by atoms with Gasteiger partial charge in [-0.15, -0.1) is 0 Å². The number of carbonyl (C=O) groups excluding carboxylic acids is 2. The van der Waals surface area contributed by atoms with Crippen molar-refractivity contribution in [3.05, 3.63) is 40.8 Å². The highest BCUT2D eigenvalue weighted by Crippen LogP contribution is 2.45. The number of sulfone groups is 1. The van der Waals surface area contributed by atoms with E-state index in [4.69, 9.17) is 9.47 Å². The average Bonchev–Trinajstić information content (AvgIpc) is 2.61. The van der Waals surface area contributed by atoms with Gasteiger partial charge in [-0.3, -0.25) is 9.59 Å². The maximum atomic E-state index is 12.9. The second kappa shape index (κ2) is 6.76. The van der Waals surface area contributed by atoms with Crippen molar-refractivity contribution in [2.45, 2.75) is 31.1 Å². The maximum Gasteiger partial charge on any atom is 0.327 e. The summed E-state index contributed by atoms with van der Waals surface area (Å²) in [6.07, 6.45) is 0.785. The van der Waals surface area contributed by atoms with Crippen molar-refractivity contribution in [3.63, 3.8) is 0 Å². The van der Waals surface area contributed by atoms with E-state index in [2.05, 4.69) is 0 Å². The fourth-order valence-electron chi connectivity index (χ4n) is 3.15. The van der Waals surface area contributed by atoms with Crippen LogP contribution in [0.25, 0.3) is 0 Å². The molecule has 0 saturated heterocycles. The SMILES string of the molecule is COC(=O)C1(C(=O)OC)CCCC(S(=O)(=O)c2ccccc2)=C1C. The van der Waals surface area contributed by atoms with Crippen LogP contribution in [0.2, 0.25) is 0 Å². The maximum absolute atomic E-state index is 12.9. The van der Waals surface area contributed by atoms with Crippen molar-refractivity contribution in [2.24, 2.45) is 5.41 Å². The predicted molar refractivity (Wildman–Crippen MR) is 86.6 cm³/mol. The number of rotatable bonds is 4. The van der Waals surface area contributed by atoms with Crippen LogP contribution in [0.4, 0.5) is 0 Å². The van der Waals surface area contributed by atoms with Gasteiger partial charge < -0.3 is 9.47 Å². The monoisotopic (exact) mass is 352 g/mol. The molecule has 6 nitrogen and oxygen atoms in total. The molecule has 0 fully saturated rings. The van der Waals surface area contributed by atoms with Gasteiger partial charge in [-0.25, -0.2) is 8.42 Å². The lowest BCUT2D eigenvalue weighted by molar-refractivity contribution is -0.166. The van der Waals surface area contributed by atoms with Gasteiger partial charge in [0.15, 0.2) is 5.41 Å². The van der Waals surface area contributed by atoms with Crippen LogP contribution in [-0.2, 0) is 28.9 Å². The van der Waals surface area contributed by atoms with Crippen LogP contribution in [0, 0.1) is 5.41 Å². The number of benzene rings is 1. The first-order valence-electron chi connectivity index (χ1n) is 7.49. The Hall–Kier alpha value is -2.15. The van der Waals surface area contributed by atoms with Crippen molar-refractivity contribution >= 4 is 21.8 Å². The largest absolute Gasteiger partial charge is 0.468 e. The number of allylic oxidation sites excluding steroid dienone is 1. The molecule has 0 unspecified atom stereocenters. The van der Waals surface area contributed by atoms with Crippen LogP contribution < -0.4 is 0 Å². The first kappa shape index (κ1) is 18.2. The van der Waals surface area contributed by atoms with Gasteiger partial charge in [0.2, 0.25) is 9.84 Å². The molecule has 7 heteroatoms. The molecule has 24 heavy (non-hydrogen) atoms. The smallest absolute Gasteiger partial charge is 0.327 e. The highest BCUT2D eigenvalue weighted by molar-refractivity contribution is 7.95. The predicted octanol–water partition coefficient (Wildman–Crippen LogP) is 2.25. The molecule has 1 aliphatic rings. The minimum Gasteiger partial charge on any atom is -0.468 e. The van der Waals surface area contributed by atoms with Crippen molar-refractivity contribution in [1.82, 2.24) is 0 Å². The number of carbonyl (C=O) groups is 2. The van der Waals surface area contributed by atoms with Gasteiger partial charge in [0, 0.05) is 4.91 Å².